The highest BCUT2D eigenvalue weighted by Gasteiger charge is 2.08. The maximum atomic E-state index is 11.4. The third kappa shape index (κ3) is 4.20. The summed E-state index contributed by atoms with van der Waals surface area (Å²) in [5.41, 5.74) is 2.13. The van der Waals surface area contributed by atoms with Gasteiger partial charge in [-0.05, 0) is 43.5 Å². The lowest BCUT2D eigenvalue weighted by atomic mass is 10.1. The van der Waals surface area contributed by atoms with E-state index in [-0.39, 0.29) is 5.78 Å². The fourth-order valence-electron chi connectivity index (χ4n) is 1.53. The van der Waals surface area contributed by atoms with Crippen LogP contribution in [0.3, 0.4) is 0 Å². The zero-order valence-corrected chi connectivity index (χ0v) is 11.2. The van der Waals surface area contributed by atoms with Crippen molar-refractivity contribution in [3.8, 4) is 0 Å². The van der Waals surface area contributed by atoms with E-state index in [0.717, 1.165) is 5.56 Å². The van der Waals surface area contributed by atoms with Crippen LogP contribution in [0.15, 0.2) is 18.2 Å². The summed E-state index contributed by atoms with van der Waals surface area (Å²) in [4.78, 5) is 22.7. The number of Topliss-reactive ketones (excluding diaryl/α,β-unsaturated/α-hetero) is 1. The van der Waals surface area contributed by atoms with Crippen molar-refractivity contribution in [2.45, 2.75) is 27.7 Å². The molecule has 0 atom stereocenters. The molecule has 0 aliphatic carbocycles. The molecule has 0 aromatic heterocycles. The molecule has 0 radical (unpaired) electrons. The van der Waals surface area contributed by atoms with Gasteiger partial charge in [0.05, 0.1) is 6.61 Å². The molecule has 1 amide bonds. The van der Waals surface area contributed by atoms with Crippen LogP contribution in [0.2, 0.25) is 0 Å². The number of hydrogen-bond donors (Lipinski definition) is 1. The number of aryl methyl sites for hydroxylation is 1. The van der Waals surface area contributed by atoms with Gasteiger partial charge in [-0.1, -0.05) is 13.8 Å². The van der Waals surface area contributed by atoms with Crippen LogP contribution < -0.4 is 5.32 Å². The van der Waals surface area contributed by atoms with Gasteiger partial charge in [-0.15, -0.1) is 0 Å². The number of anilines is 1. The highest BCUT2D eigenvalue weighted by Crippen LogP contribution is 2.16. The lowest BCUT2D eigenvalue weighted by Crippen LogP contribution is -2.16. The number of ether oxygens (including phenoxy) is 1. The van der Waals surface area contributed by atoms with E-state index < -0.39 is 6.09 Å². The van der Waals surface area contributed by atoms with Crippen LogP contribution in [0, 0.1) is 12.8 Å². The first-order chi connectivity index (χ1) is 8.40. The van der Waals surface area contributed by atoms with Crippen molar-refractivity contribution in [3.63, 3.8) is 0 Å². The lowest BCUT2D eigenvalue weighted by Gasteiger charge is -2.10. The SMILES string of the molecule is CC(=O)c1ccc(NC(=O)OCC(C)C)cc1C. The highest BCUT2D eigenvalue weighted by atomic mass is 16.5. The van der Waals surface area contributed by atoms with E-state index in [4.69, 9.17) is 4.74 Å². The molecule has 0 unspecified atom stereocenters. The van der Waals surface area contributed by atoms with Gasteiger partial charge in [0.2, 0.25) is 0 Å². The number of nitrogens with one attached hydrogen (secondary N) is 1. The average Bonchev–Trinajstić information content (AvgIpc) is 2.26. The van der Waals surface area contributed by atoms with E-state index in [9.17, 15) is 9.59 Å². The summed E-state index contributed by atoms with van der Waals surface area (Å²) in [6, 6.07) is 5.16. The number of amides is 1. The average molecular weight is 249 g/mol. The largest absolute Gasteiger partial charge is 0.449 e. The molecule has 1 aromatic rings. The first-order valence-corrected chi connectivity index (χ1v) is 5.95. The summed E-state index contributed by atoms with van der Waals surface area (Å²) in [5.74, 6) is 0.319. The molecule has 18 heavy (non-hydrogen) atoms. The maximum absolute atomic E-state index is 11.4. The predicted molar refractivity (Wildman–Crippen MR) is 71.0 cm³/mol. The molecule has 0 aliphatic rings. The number of carbonyl (C=O) groups excluding carboxylic acids is 2. The van der Waals surface area contributed by atoms with Crippen LogP contribution in [0.4, 0.5) is 10.5 Å². The standard InChI is InChI=1S/C14H19NO3/c1-9(2)8-18-14(17)15-12-5-6-13(11(4)16)10(3)7-12/h5-7,9H,8H2,1-4H3,(H,15,17). The Kier molecular flexibility index (Phi) is 4.89. The van der Waals surface area contributed by atoms with E-state index in [1.54, 1.807) is 18.2 Å². The first-order valence-electron chi connectivity index (χ1n) is 5.95. The van der Waals surface area contributed by atoms with Gasteiger partial charge >= 0.3 is 6.09 Å². The van der Waals surface area contributed by atoms with Gasteiger partial charge in [0, 0.05) is 11.3 Å². The Balaban J connectivity index is 2.66. The van der Waals surface area contributed by atoms with Crippen LogP contribution >= 0.6 is 0 Å². The van der Waals surface area contributed by atoms with Crippen molar-refractivity contribution >= 4 is 17.6 Å². The first kappa shape index (κ1) is 14.2. The minimum absolute atomic E-state index is 0.0152. The van der Waals surface area contributed by atoms with Gasteiger partial charge in [-0.25, -0.2) is 4.79 Å². The molecule has 0 heterocycles. The topological polar surface area (TPSA) is 55.4 Å². The van der Waals surface area contributed by atoms with E-state index in [0.29, 0.717) is 23.8 Å². The van der Waals surface area contributed by atoms with E-state index >= 15 is 0 Å². The quantitative estimate of drug-likeness (QED) is 0.832. The zero-order valence-electron chi connectivity index (χ0n) is 11.2. The molecule has 1 rings (SSSR count). The van der Waals surface area contributed by atoms with Crippen LogP contribution in [0.1, 0.15) is 36.7 Å². The molecule has 4 heteroatoms. The molecule has 0 saturated carbocycles. The van der Waals surface area contributed by atoms with Crippen molar-refractivity contribution in [1.82, 2.24) is 0 Å². The maximum Gasteiger partial charge on any atom is 0.411 e. The van der Waals surface area contributed by atoms with E-state index in [1.807, 2.05) is 20.8 Å². The molecule has 1 N–H and O–H groups in total. The third-order valence-electron chi connectivity index (χ3n) is 2.40. The predicted octanol–water partition coefficient (Wildman–Crippen LogP) is 3.40. The Morgan fingerprint density at radius 2 is 2.00 bits per heavy atom. The van der Waals surface area contributed by atoms with Crippen molar-refractivity contribution in [2.24, 2.45) is 5.92 Å². The Morgan fingerprint density at radius 1 is 1.33 bits per heavy atom. The van der Waals surface area contributed by atoms with Crippen LogP contribution in [0.25, 0.3) is 0 Å². The van der Waals surface area contributed by atoms with E-state index in [2.05, 4.69) is 5.32 Å². The molecule has 1 aromatic carbocycles. The summed E-state index contributed by atoms with van der Waals surface area (Å²) in [5, 5.41) is 2.63. The second-order valence-electron chi connectivity index (χ2n) is 4.70. The van der Waals surface area contributed by atoms with Gasteiger partial charge in [0.1, 0.15) is 0 Å². The fourth-order valence-corrected chi connectivity index (χ4v) is 1.53. The number of benzene rings is 1. The fraction of sp³-hybridized carbons (Fsp3) is 0.429. The summed E-state index contributed by atoms with van der Waals surface area (Å²) in [6.45, 7) is 7.68. The Hall–Kier alpha value is -1.84. The zero-order chi connectivity index (χ0) is 13.7. The van der Waals surface area contributed by atoms with Crippen LogP contribution in [-0.2, 0) is 4.74 Å². The molecule has 0 fully saturated rings. The highest BCUT2D eigenvalue weighted by molar-refractivity contribution is 5.96. The Bertz CT molecular complexity index is 452. The van der Waals surface area contributed by atoms with Gasteiger partial charge < -0.3 is 4.74 Å². The smallest absolute Gasteiger partial charge is 0.411 e. The summed E-state index contributed by atoms with van der Waals surface area (Å²) in [7, 11) is 0. The monoisotopic (exact) mass is 249 g/mol. The molecule has 0 spiro atoms. The van der Waals surface area contributed by atoms with Crippen molar-refractivity contribution in [1.29, 1.82) is 0 Å². The summed E-state index contributed by atoms with van der Waals surface area (Å²) in [6.07, 6.45) is -0.473. The van der Waals surface area contributed by atoms with Crippen LogP contribution in [0.5, 0.6) is 0 Å². The minimum atomic E-state index is -0.473. The Morgan fingerprint density at radius 3 is 2.50 bits per heavy atom. The van der Waals surface area contributed by atoms with Crippen molar-refractivity contribution < 1.29 is 14.3 Å². The summed E-state index contributed by atoms with van der Waals surface area (Å²) >= 11 is 0. The van der Waals surface area contributed by atoms with E-state index in [1.165, 1.54) is 6.92 Å². The molecule has 98 valence electrons. The second-order valence-corrected chi connectivity index (χ2v) is 4.70. The number of hydrogen-bond acceptors (Lipinski definition) is 3. The Labute approximate surface area is 107 Å². The summed E-state index contributed by atoms with van der Waals surface area (Å²) < 4.78 is 5.01. The lowest BCUT2D eigenvalue weighted by molar-refractivity contribution is 0.101. The van der Waals surface area contributed by atoms with Gasteiger partial charge in [-0.2, -0.15) is 0 Å². The van der Waals surface area contributed by atoms with Gasteiger partial charge in [0.15, 0.2) is 5.78 Å². The molecule has 0 bridgehead atoms. The second kappa shape index (κ2) is 6.19. The van der Waals surface area contributed by atoms with Crippen LogP contribution in [-0.4, -0.2) is 18.5 Å². The molecular weight excluding hydrogens is 230 g/mol. The number of rotatable bonds is 4. The molecule has 0 saturated heterocycles. The molecule has 4 nitrogen and oxygen atoms in total. The van der Waals surface area contributed by atoms with Crippen molar-refractivity contribution in [3.05, 3.63) is 29.3 Å². The normalized spacial score (nSPS) is 10.3. The molecule has 0 aliphatic heterocycles. The van der Waals surface area contributed by atoms with Gasteiger partial charge in [0.25, 0.3) is 0 Å². The van der Waals surface area contributed by atoms with Crippen molar-refractivity contribution in [2.75, 3.05) is 11.9 Å². The number of ketones is 1. The number of carbonyl (C=O) groups is 2. The van der Waals surface area contributed by atoms with Gasteiger partial charge in [-0.3, -0.25) is 10.1 Å². The third-order valence-corrected chi connectivity index (χ3v) is 2.40. The molecular formula is C14H19NO3. The minimum Gasteiger partial charge on any atom is -0.449 e.